The van der Waals surface area contributed by atoms with E-state index in [2.05, 4.69) is 15.0 Å². The largest absolute Gasteiger partial charge is 0.487 e. The van der Waals surface area contributed by atoms with Crippen LogP contribution >= 0.6 is 11.6 Å². The predicted molar refractivity (Wildman–Crippen MR) is 142 cm³/mol. The van der Waals surface area contributed by atoms with Gasteiger partial charge in [-0.05, 0) is 49.7 Å². The fourth-order valence-corrected chi connectivity index (χ4v) is 4.74. The van der Waals surface area contributed by atoms with Gasteiger partial charge in [0.05, 0.1) is 11.6 Å². The van der Waals surface area contributed by atoms with E-state index >= 15 is 0 Å². The number of pyridine rings is 3. The Hall–Kier alpha value is -4.31. The molecule has 200 valence electrons. The van der Waals surface area contributed by atoms with Crippen molar-refractivity contribution in [3.63, 3.8) is 0 Å². The summed E-state index contributed by atoms with van der Waals surface area (Å²) in [6.07, 6.45) is -0.509. The fourth-order valence-electron chi connectivity index (χ4n) is 4.52. The quantitative estimate of drug-likeness (QED) is 0.269. The zero-order chi connectivity index (χ0) is 27.9. The zero-order valence-electron chi connectivity index (χ0n) is 20.8. The molecule has 0 fully saturated rings. The topological polar surface area (TPSA) is 92.8 Å². The van der Waals surface area contributed by atoms with Gasteiger partial charge in [-0.2, -0.15) is 13.2 Å². The molecule has 0 spiro atoms. The maximum atomic E-state index is 13.3. The summed E-state index contributed by atoms with van der Waals surface area (Å²) in [6.45, 7) is 3.26. The Kier molecular flexibility index (Phi) is 6.82. The van der Waals surface area contributed by atoms with E-state index in [1.54, 1.807) is 6.07 Å². The molecule has 39 heavy (non-hydrogen) atoms. The number of ether oxygens (including phenoxy) is 1. The number of aryl methyl sites for hydroxylation is 2. The number of aromatic amines is 2. The fraction of sp³-hybridized carbons (Fsp3) is 0.179. The van der Waals surface area contributed by atoms with Crippen LogP contribution in [0.2, 0.25) is 5.02 Å². The van der Waals surface area contributed by atoms with Crippen LogP contribution in [0, 0.1) is 13.8 Å². The molecule has 0 saturated heterocycles. The number of nitrogens with one attached hydrogen (secondary N) is 2. The molecule has 0 aliphatic carbocycles. The highest BCUT2D eigenvalue weighted by Crippen LogP contribution is 2.34. The van der Waals surface area contributed by atoms with Gasteiger partial charge in [0.15, 0.2) is 0 Å². The van der Waals surface area contributed by atoms with Gasteiger partial charge in [0, 0.05) is 52.1 Å². The van der Waals surface area contributed by atoms with Crippen LogP contribution in [0.25, 0.3) is 22.2 Å². The number of halogens is 4. The van der Waals surface area contributed by atoms with E-state index < -0.39 is 29.4 Å². The average molecular weight is 555 g/mol. The van der Waals surface area contributed by atoms with E-state index in [0.717, 1.165) is 38.5 Å². The third-order valence-corrected chi connectivity index (χ3v) is 6.78. The molecule has 0 amide bonds. The van der Waals surface area contributed by atoms with Gasteiger partial charge in [0.1, 0.15) is 23.4 Å². The van der Waals surface area contributed by atoms with E-state index in [1.807, 2.05) is 44.3 Å². The van der Waals surface area contributed by atoms with Crippen molar-refractivity contribution >= 4 is 22.5 Å². The Morgan fingerprint density at radius 2 is 1.85 bits per heavy atom. The Labute approximate surface area is 224 Å². The number of hydrogen-bond acceptors (Lipinski definition) is 4. The van der Waals surface area contributed by atoms with Gasteiger partial charge in [-0.1, -0.05) is 23.7 Å². The van der Waals surface area contributed by atoms with Crippen molar-refractivity contribution in [2.45, 2.75) is 33.2 Å². The van der Waals surface area contributed by atoms with Gasteiger partial charge in [0.2, 0.25) is 0 Å². The number of fused-ring (bicyclic) bond motifs is 1. The van der Waals surface area contributed by atoms with Crippen molar-refractivity contribution in [2.75, 3.05) is 0 Å². The molecule has 1 aromatic carbocycles. The SMILES string of the molecule is Cc1cc(-c2[nH]ccc2C)c2cccc(OCc3c(Cl)c[nH]c(=O)c3Cn3cccc(C(F)(F)F)c3=O)c2n1. The van der Waals surface area contributed by atoms with Crippen LogP contribution in [-0.4, -0.2) is 19.5 Å². The van der Waals surface area contributed by atoms with Gasteiger partial charge in [-0.3, -0.25) is 9.59 Å². The molecule has 0 atom stereocenters. The maximum Gasteiger partial charge on any atom is 0.421 e. The molecule has 0 radical (unpaired) electrons. The van der Waals surface area contributed by atoms with Crippen LogP contribution in [0.1, 0.15) is 27.9 Å². The number of hydrogen-bond donors (Lipinski definition) is 2. The highest BCUT2D eigenvalue weighted by molar-refractivity contribution is 6.31. The lowest BCUT2D eigenvalue weighted by Gasteiger charge is -2.16. The highest BCUT2D eigenvalue weighted by Gasteiger charge is 2.34. The van der Waals surface area contributed by atoms with Gasteiger partial charge >= 0.3 is 6.18 Å². The monoisotopic (exact) mass is 554 g/mol. The van der Waals surface area contributed by atoms with Crippen LogP contribution in [0.4, 0.5) is 13.2 Å². The number of para-hydroxylation sites is 1. The summed E-state index contributed by atoms with van der Waals surface area (Å²) in [5, 5.41) is 0.980. The van der Waals surface area contributed by atoms with Crippen molar-refractivity contribution in [3.05, 3.63) is 115 Å². The summed E-state index contributed by atoms with van der Waals surface area (Å²) in [5.41, 5.74) is 1.39. The van der Waals surface area contributed by atoms with Crippen LogP contribution in [0.5, 0.6) is 5.75 Å². The zero-order valence-corrected chi connectivity index (χ0v) is 21.6. The van der Waals surface area contributed by atoms with Crippen molar-refractivity contribution in [3.8, 4) is 17.0 Å². The summed E-state index contributed by atoms with van der Waals surface area (Å²) in [5.74, 6) is 0.431. The van der Waals surface area contributed by atoms with Crippen LogP contribution in [-0.2, 0) is 19.3 Å². The molecule has 0 saturated carbocycles. The second kappa shape index (κ2) is 10.1. The molecule has 7 nitrogen and oxygen atoms in total. The lowest BCUT2D eigenvalue weighted by Crippen LogP contribution is -2.30. The molecule has 4 aromatic heterocycles. The lowest BCUT2D eigenvalue weighted by molar-refractivity contribution is -0.138. The molecule has 0 unspecified atom stereocenters. The Morgan fingerprint density at radius 1 is 1.05 bits per heavy atom. The molecule has 4 heterocycles. The molecule has 11 heteroatoms. The van der Waals surface area contributed by atoms with Crippen molar-refractivity contribution < 1.29 is 17.9 Å². The number of rotatable bonds is 6. The van der Waals surface area contributed by atoms with Crippen LogP contribution < -0.4 is 15.9 Å². The second-order valence-electron chi connectivity index (χ2n) is 9.06. The highest BCUT2D eigenvalue weighted by atomic mass is 35.5. The number of aromatic nitrogens is 4. The summed E-state index contributed by atoms with van der Waals surface area (Å²) in [6, 6.07) is 11.2. The van der Waals surface area contributed by atoms with Crippen LogP contribution in [0.3, 0.4) is 0 Å². The third kappa shape index (κ3) is 5.07. The van der Waals surface area contributed by atoms with Crippen LogP contribution in [0.15, 0.2) is 70.6 Å². The predicted octanol–water partition coefficient (Wildman–Crippen LogP) is 6.00. The molecular weight excluding hydrogens is 533 g/mol. The Morgan fingerprint density at radius 3 is 2.56 bits per heavy atom. The molecular formula is C28H22ClF3N4O3. The summed E-state index contributed by atoms with van der Waals surface area (Å²) >= 11 is 6.39. The molecule has 5 aromatic rings. The first-order valence-electron chi connectivity index (χ1n) is 11.9. The summed E-state index contributed by atoms with van der Waals surface area (Å²) < 4.78 is 46.7. The first-order chi connectivity index (χ1) is 18.5. The molecule has 0 bridgehead atoms. The molecule has 0 aliphatic heterocycles. The van der Waals surface area contributed by atoms with Crippen molar-refractivity contribution in [1.29, 1.82) is 0 Å². The lowest BCUT2D eigenvalue weighted by atomic mass is 10.0. The Bertz CT molecular complexity index is 1820. The Balaban J connectivity index is 1.53. The minimum atomic E-state index is -4.83. The van der Waals surface area contributed by atoms with Gasteiger partial charge in [-0.15, -0.1) is 0 Å². The third-order valence-electron chi connectivity index (χ3n) is 6.44. The number of H-pyrrole nitrogens is 2. The van der Waals surface area contributed by atoms with Gasteiger partial charge in [0.25, 0.3) is 11.1 Å². The summed E-state index contributed by atoms with van der Waals surface area (Å²) in [4.78, 5) is 35.6. The molecule has 2 N–H and O–H groups in total. The van der Waals surface area contributed by atoms with Gasteiger partial charge < -0.3 is 19.3 Å². The van der Waals surface area contributed by atoms with E-state index in [9.17, 15) is 22.8 Å². The first-order valence-corrected chi connectivity index (χ1v) is 12.3. The smallest absolute Gasteiger partial charge is 0.421 e. The summed E-state index contributed by atoms with van der Waals surface area (Å²) in [7, 11) is 0. The van der Waals surface area contributed by atoms with Crippen molar-refractivity contribution in [1.82, 2.24) is 19.5 Å². The number of alkyl halides is 3. The number of benzene rings is 1. The average Bonchev–Trinajstić information content (AvgIpc) is 3.31. The van der Waals surface area contributed by atoms with E-state index in [-0.39, 0.29) is 22.8 Å². The first kappa shape index (κ1) is 26.3. The normalized spacial score (nSPS) is 11.7. The van der Waals surface area contributed by atoms with Crippen molar-refractivity contribution in [2.24, 2.45) is 0 Å². The maximum absolute atomic E-state index is 13.3. The molecule has 5 rings (SSSR count). The van der Waals surface area contributed by atoms with Gasteiger partial charge in [-0.25, -0.2) is 4.98 Å². The second-order valence-corrected chi connectivity index (χ2v) is 9.47. The minimum absolute atomic E-state index is 0.0102. The number of nitrogens with zero attached hydrogens (tertiary/aromatic N) is 2. The van der Waals surface area contributed by atoms with E-state index in [1.165, 1.54) is 12.4 Å². The van der Waals surface area contributed by atoms with E-state index in [0.29, 0.717) is 17.3 Å². The minimum Gasteiger partial charge on any atom is -0.487 e. The molecule has 0 aliphatic rings. The van der Waals surface area contributed by atoms with E-state index in [4.69, 9.17) is 16.3 Å². The standard InChI is InChI=1S/C28H22ClF3N4O3/c1-15-8-9-33-24(15)18-11-16(2)35-25-17(18)5-3-7-23(25)39-14-20-19(26(37)34-12-22(20)29)13-36-10-4-6-21(27(36)38)28(30,31)32/h3-12,33H,13-14H2,1-2H3,(H,34,37).